The van der Waals surface area contributed by atoms with Gasteiger partial charge in [0.25, 0.3) is 0 Å². The molecule has 18 heavy (non-hydrogen) atoms. The summed E-state index contributed by atoms with van der Waals surface area (Å²) < 4.78 is 0.992. The number of phenols is 1. The molecule has 4 heteroatoms. The molecule has 1 aromatic heterocycles. The van der Waals surface area contributed by atoms with E-state index in [0.29, 0.717) is 11.3 Å². The number of hydrogen-bond acceptors (Lipinski definition) is 3. The summed E-state index contributed by atoms with van der Waals surface area (Å²) in [6, 6.07) is 13.0. The molecule has 2 aromatic carbocycles. The van der Waals surface area contributed by atoms with Crippen LogP contribution in [0.5, 0.6) is 5.75 Å². The Hall–Kier alpha value is -1.94. The van der Waals surface area contributed by atoms with Gasteiger partial charge in [-0.15, -0.1) is 5.10 Å². The number of fused-ring (bicyclic) bond motifs is 1. The van der Waals surface area contributed by atoms with Gasteiger partial charge in [-0.05, 0) is 24.3 Å². The van der Waals surface area contributed by atoms with Crippen molar-refractivity contribution in [1.82, 2.24) is 10.2 Å². The van der Waals surface area contributed by atoms with E-state index in [2.05, 4.69) is 26.1 Å². The van der Waals surface area contributed by atoms with Crippen LogP contribution in [0.25, 0.3) is 22.0 Å². The molecule has 0 saturated carbocycles. The molecule has 1 heterocycles. The lowest BCUT2D eigenvalue weighted by Gasteiger charge is -2.06. The zero-order valence-electron chi connectivity index (χ0n) is 9.34. The van der Waals surface area contributed by atoms with Crippen molar-refractivity contribution in [2.24, 2.45) is 0 Å². The maximum Gasteiger partial charge on any atom is 0.125 e. The first-order chi connectivity index (χ1) is 8.75. The maximum atomic E-state index is 9.90. The highest BCUT2D eigenvalue weighted by atomic mass is 79.9. The molecule has 0 fully saturated rings. The molecule has 0 aliphatic rings. The highest BCUT2D eigenvalue weighted by molar-refractivity contribution is 9.10. The predicted molar refractivity (Wildman–Crippen MR) is 74.3 cm³/mol. The van der Waals surface area contributed by atoms with E-state index in [1.54, 1.807) is 18.3 Å². The number of aromatic nitrogens is 2. The summed E-state index contributed by atoms with van der Waals surface area (Å²) in [7, 11) is 0. The van der Waals surface area contributed by atoms with Crippen LogP contribution < -0.4 is 0 Å². The minimum absolute atomic E-state index is 0.210. The molecular formula is C14H9BrN2O. The minimum Gasteiger partial charge on any atom is -0.507 e. The zero-order chi connectivity index (χ0) is 12.5. The summed E-state index contributed by atoms with van der Waals surface area (Å²) >= 11 is 3.43. The number of halogens is 1. The van der Waals surface area contributed by atoms with E-state index in [1.807, 2.05) is 30.3 Å². The summed E-state index contributed by atoms with van der Waals surface area (Å²) in [5, 5.41) is 20.0. The van der Waals surface area contributed by atoms with Crippen LogP contribution in [-0.4, -0.2) is 15.3 Å². The van der Waals surface area contributed by atoms with Crippen LogP contribution in [0.3, 0.4) is 0 Å². The fraction of sp³-hybridized carbons (Fsp3) is 0. The highest BCUT2D eigenvalue weighted by Crippen LogP contribution is 2.32. The van der Waals surface area contributed by atoms with E-state index >= 15 is 0 Å². The van der Waals surface area contributed by atoms with Gasteiger partial charge >= 0.3 is 0 Å². The quantitative estimate of drug-likeness (QED) is 0.744. The summed E-state index contributed by atoms with van der Waals surface area (Å²) in [4.78, 5) is 0. The molecule has 0 aliphatic heterocycles. The lowest BCUT2D eigenvalue weighted by molar-refractivity contribution is 0.477. The second-order valence-corrected chi connectivity index (χ2v) is 4.86. The number of aromatic hydroxyl groups is 1. The summed E-state index contributed by atoms with van der Waals surface area (Å²) in [6.07, 6.45) is 1.71. The number of rotatable bonds is 1. The van der Waals surface area contributed by atoms with Gasteiger partial charge in [-0.2, -0.15) is 5.10 Å². The SMILES string of the molecule is Oc1ccccc1-c1nncc2cc(Br)ccc12. The van der Waals surface area contributed by atoms with E-state index < -0.39 is 0 Å². The van der Waals surface area contributed by atoms with E-state index in [0.717, 1.165) is 15.2 Å². The molecule has 3 rings (SSSR count). The van der Waals surface area contributed by atoms with Crippen molar-refractivity contribution < 1.29 is 5.11 Å². The maximum absolute atomic E-state index is 9.90. The van der Waals surface area contributed by atoms with Gasteiger partial charge < -0.3 is 5.11 Å². The van der Waals surface area contributed by atoms with Crippen molar-refractivity contribution in [3.8, 4) is 17.0 Å². The normalized spacial score (nSPS) is 10.7. The van der Waals surface area contributed by atoms with Crippen LogP contribution in [0.15, 0.2) is 53.1 Å². The number of benzene rings is 2. The van der Waals surface area contributed by atoms with E-state index in [9.17, 15) is 5.11 Å². The summed E-state index contributed by atoms with van der Waals surface area (Å²) in [5.41, 5.74) is 1.39. The molecule has 3 nitrogen and oxygen atoms in total. The minimum atomic E-state index is 0.210. The summed E-state index contributed by atoms with van der Waals surface area (Å²) in [6.45, 7) is 0. The Balaban J connectivity index is 2.33. The number of nitrogens with zero attached hydrogens (tertiary/aromatic N) is 2. The largest absolute Gasteiger partial charge is 0.507 e. The van der Waals surface area contributed by atoms with Gasteiger partial charge in [0, 0.05) is 20.8 Å². The van der Waals surface area contributed by atoms with Gasteiger partial charge in [0.05, 0.1) is 6.20 Å². The average molecular weight is 301 g/mol. The monoisotopic (exact) mass is 300 g/mol. The van der Waals surface area contributed by atoms with Crippen molar-refractivity contribution in [2.45, 2.75) is 0 Å². The van der Waals surface area contributed by atoms with Crippen LogP contribution in [-0.2, 0) is 0 Å². The van der Waals surface area contributed by atoms with Crippen molar-refractivity contribution in [2.75, 3.05) is 0 Å². The number of phenolic OH excluding ortho intramolecular Hbond substituents is 1. The zero-order valence-corrected chi connectivity index (χ0v) is 10.9. The fourth-order valence-corrected chi connectivity index (χ4v) is 2.31. The molecule has 3 aromatic rings. The Kier molecular flexibility index (Phi) is 2.72. The molecule has 0 bridgehead atoms. The molecule has 1 N–H and O–H groups in total. The topological polar surface area (TPSA) is 46.0 Å². The first kappa shape index (κ1) is 11.2. The molecule has 0 atom stereocenters. The van der Waals surface area contributed by atoms with Crippen LogP contribution in [0.4, 0.5) is 0 Å². The van der Waals surface area contributed by atoms with Crippen molar-refractivity contribution in [3.05, 3.63) is 53.1 Å². The third kappa shape index (κ3) is 1.84. The predicted octanol–water partition coefficient (Wildman–Crippen LogP) is 3.76. The van der Waals surface area contributed by atoms with Crippen LogP contribution in [0.2, 0.25) is 0 Å². The van der Waals surface area contributed by atoms with E-state index in [1.165, 1.54) is 0 Å². The Bertz CT molecular complexity index is 728. The molecule has 0 amide bonds. The molecule has 88 valence electrons. The van der Waals surface area contributed by atoms with Gasteiger partial charge in [0.15, 0.2) is 0 Å². The standard InChI is InChI=1S/C14H9BrN2O/c15-10-5-6-11-9(7-10)8-16-17-14(11)12-3-1-2-4-13(12)18/h1-8,18H. The van der Waals surface area contributed by atoms with Crippen molar-refractivity contribution >= 4 is 26.7 Å². The summed E-state index contributed by atoms with van der Waals surface area (Å²) in [5.74, 6) is 0.210. The van der Waals surface area contributed by atoms with E-state index in [-0.39, 0.29) is 5.75 Å². The Morgan fingerprint density at radius 1 is 1.06 bits per heavy atom. The molecule has 0 saturated heterocycles. The fourth-order valence-electron chi connectivity index (χ4n) is 1.93. The Labute approximate surface area is 112 Å². The third-order valence-electron chi connectivity index (χ3n) is 2.78. The van der Waals surface area contributed by atoms with Gasteiger partial charge in [-0.3, -0.25) is 0 Å². The van der Waals surface area contributed by atoms with E-state index in [4.69, 9.17) is 0 Å². The van der Waals surface area contributed by atoms with Crippen LogP contribution >= 0.6 is 15.9 Å². The van der Waals surface area contributed by atoms with Gasteiger partial charge in [-0.25, -0.2) is 0 Å². The smallest absolute Gasteiger partial charge is 0.125 e. The average Bonchev–Trinajstić information content (AvgIpc) is 2.38. The second kappa shape index (κ2) is 4.38. The van der Waals surface area contributed by atoms with Gasteiger partial charge in [0.2, 0.25) is 0 Å². The lowest BCUT2D eigenvalue weighted by Crippen LogP contribution is -1.90. The number of hydrogen-bond donors (Lipinski definition) is 1. The van der Waals surface area contributed by atoms with Gasteiger partial charge in [-0.1, -0.05) is 34.1 Å². The lowest BCUT2D eigenvalue weighted by atomic mass is 10.0. The molecule has 0 radical (unpaired) electrons. The molecule has 0 spiro atoms. The molecular weight excluding hydrogens is 292 g/mol. The Morgan fingerprint density at radius 2 is 1.89 bits per heavy atom. The van der Waals surface area contributed by atoms with Crippen molar-refractivity contribution in [1.29, 1.82) is 0 Å². The van der Waals surface area contributed by atoms with Crippen LogP contribution in [0, 0.1) is 0 Å². The van der Waals surface area contributed by atoms with Crippen LogP contribution in [0.1, 0.15) is 0 Å². The second-order valence-electron chi connectivity index (χ2n) is 3.94. The third-order valence-corrected chi connectivity index (χ3v) is 3.28. The first-order valence-corrected chi connectivity index (χ1v) is 6.24. The van der Waals surface area contributed by atoms with Crippen molar-refractivity contribution in [3.63, 3.8) is 0 Å². The Morgan fingerprint density at radius 3 is 2.72 bits per heavy atom. The first-order valence-electron chi connectivity index (χ1n) is 5.45. The molecule has 0 aliphatic carbocycles. The molecule has 0 unspecified atom stereocenters. The highest BCUT2D eigenvalue weighted by Gasteiger charge is 2.09. The number of para-hydroxylation sites is 1. The van der Waals surface area contributed by atoms with Gasteiger partial charge in [0.1, 0.15) is 11.4 Å².